The van der Waals surface area contributed by atoms with Crippen LogP contribution in [0.5, 0.6) is 0 Å². The highest BCUT2D eigenvalue weighted by Gasteiger charge is 2.40. The molecule has 1 atom stereocenters. The van der Waals surface area contributed by atoms with E-state index in [1.54, 1.807) is 6.92 Å². The van der Waals surface area contributed by atoms with Crippen LogP contribution in [0.1, 0.15) is 38.7 Å². The summed E-state index contributed by atoms with van der Waals surface area (Å²) in [6.07, 6.45) is 2.90. The third kappa shape index (κ3) is 3.12. The molecule has 0 aromatic heterocycles. The molecule has 0 radical (unpaired) electrons. The van der Waals surface area contributed by atoms with Crippen molar-refractivity contribution >= 4 is 23.4 Å². The van der Waals surface area contributed by atoms with Gasteiger partial charge in [-0.3, -0.25) is 9.59 Å². The predicted octanol–water partition coefficient (Wildman–Crippen LogP) is 2.36. The third-order valence-electron chi connectivity index (χ3n) is 3.78. The van der Waals surface area contributed by atoms with Crippen LogP contribution in [0.2, 0.25) is 5.02 Å². The minimum atomic E-state index is -0.530. The second-order valence-electron chi connectivity index (χ2n) is 5.35. The van der Waals surface area contributed by atoms with Gasteiger partial charge in [0.1, 0.15) is 6.04 Å². The number of hydrogen-bond acceptors (Lipinski definition) is 2. The van der Waals surface area contributed by atoms with Crippen molar-refractivity contribution in [3.8, 4) is 0 Å². The van der Waals surface area contributed by atoms with E-state index in [1.165, 1.54) is 6.92 Å². The molecule has 1 aromatic rings. The Balaban J connectivity index is 2.10. The highest BCUT2D eigenvalue weighted by Crippen LogP contribution is 2.41. The number of nitrogens with one attached hydrogen (secondary N) is 2. The zero-order valence-corrected chi connectivity index (χ0v) is 12.5. The lowest BCUT2D eigenvalue weighted by Gasteiger charge is -2.43. The Morgan fingerprint density at radius 3 is 2.30 bits per heavy atom. The highest BCUT2D eigenvalue weighted by molar-refractivity contribution is 6.30. The summed E-state index contributed by atoms with van der Waals surface area (Å²) in [6.45, 7) is 3.09. The summed E-state index contributed by atoms with van der Waals surface area (Å²) in [6, 6.07) is 7.04. The topological polar surface area (TPSA) is 58.2 Å². The number of rotatable bonds is 4. The summed E-state index contributed by atoms with van der Waals surface area (Å²) in [4.78, 5) is 23.2. The second kappa shape index (κ2) is 5.83. The first-order valence-corrected chi connectivity index (χ1v) is 7.16. The molecule has 0 spiro atoms. The number of hydrogen-bond donors (Lipinski definition) is 2. The van der Waals surface area contributed by atoms with Gasteiger partial charge in [0.25, 0.3) is 0 Å². The van der Waals surface area contributed by atoms with Crippen LogP contribution in [-0.4, -0.2) is 17.9 Å². The number of halogens is 1. The molecule has 2 N–H and O–H groups in total. The minimum Gasteiger partial charge on any atom is -0.345 e. The Hall–Kier alpha value is -1.55. The first kappa shape index (κ1) is 14.9. The van der Waals surface area contributed by atoms with E-state index in [-0.39, 0.29) is 17.4 Å². The van der Waals surface area contributed by atoms with Crippen LogP contribution in [0, 0.1) is 0 Å². The Bertz CT molecular complexity index is 509. The van der Waals surface area contributed by atoms with E-state index >= 15 is 0 Å². The lowest BCUT2D eigenvalue weighted by Crippen LogP contribution is -2.55. The standard InChI is InChI=1S/C15H19ClN2O2/c1-10(17-11(2)19)14(20)18-15(8-3-9-15)12-4-6-13(16)7-5-12/h4-7,10H,3,8-9H2,1-2H3,(H,17,19)(H,18,20). The monoisotopic (exact) mass is 294 g/mol. The molecule has 0 saturated heterocycles. The van der Waals surface area contributed by atoms with Crippen molar-refractivity contribution < 1.29 is 9.59 Å². The van der Waals surface area contributed by atoms with Crippen LogP contribution >= 0.6 is 11.6 Å². The SMILES string of the molecule is CC(=O)NC(C)C(=O)NC1(c2ccc(Cl)cc2)CCC1. The molecule has 0 heterocycles. The van der Waals surface area contributed by atoms with Gasteiger partial charge < -0.3 is 10.6 Å². The van der Waals surface area contributed by atoms with Gasteiger partial charge in [-0.05, 0) is 43.9 Å². The Kier molecular flexibility index (Phi) is 4.33. The van der Waals surface area contributed by atoms with Crippen LogP contribution in [-0.2, 0) is 15.1 Å². The maximum absolute atomic E-state index is 12.2. The molecule has 0 aliphatic heterocycles. The molecule has 5 heteroatoms. The average molecular weight is 295 g/mol. The number of carbonyl (C=O) groups is 2. The molecule has 1 aromatic carbocycles. The molecule has 1 unspecified atom stereocenters. The van der Waals surface area contributed by atoms with Crippen molar-refractivity contribution in [2.75, 3.05) is 0 Å². The molecule has 108 valence electrons. The van der Waals surface area contributed by atoms with Crippen LogP contribution < -0.4 is 10.6 Å². The van der Waals surface area contributed by atoms with Crippen LogP contribution in [0.25, 0.3) is 0 Å². The van der Waals surface area contributed by atoms with Gasteiger partial charge in [0, 0.05) is 11.9 Å². The summed E-state index contributed by atoms with van der Waals surface area (Å²) in [5.41, 5.74) is 0.755. The molecular formula is C15H19ClN2O2. The molecule has 2 rings (SSSR count). The average Bonchev–Trinajstić information content (AvgIpc) is 2.34. The van der Waals surface area contributed by atoms with Gasteiger partial charge in [0.2, 0.25) is 11.8 Å². The molecule has 1 aliphatic carbocycles. The van der Waals surface area contributed by atoms with Crippen molar-refractivity contribution in [3.05, 3.63) is 34.9 Å². The van der Waals surface area contributed by atoms with Crippen molar-refractivity contribution in [1.82, 2.24) is 10.6 Å². The third-order valence-corrected chi connectivity index (χ3v) is 4.03. The zero-order valence-electron chi connectivity index (χ0n) is 11.7. The highest BCUT2D eigenvalue weighted by atomic mass is 35.5. The van der Waals surface area contributed by atoms with Gasteiger partial charge in [-0.1, -0.05) is 23.7 Å². The quantitative estimate of drug-likeness (QED) is 0.895. The van der Waals surface area contributed by atoms with E-state index in [1.807, 2.05) is 24.3 Å². The number of amides is 2. The fourth-order valence-corrected chi connectivity index (χ4v) is 2.63. The van der Waals surface area contributed by atoms with Gasteiger partial charge in [-0.2, -0.15) is 0 Å². The van der Waals surface area contributed by atoms with Crippen LogP contribution in [0.15, 0.2) is 24.3 Å². The summed E-state index contributed by atoms with van der Waals surface area (Å²) < 4.78 is 0. The molecule has 20 heavy (non-hydrogen) atoms. The van der Waals surface area contributed by atoms with E-state index < -0.39 is 6.04 Å². The van der Waals surface area contributed by atoms with E-state index in [0.717, 1.165) is 24.8 Å². The minimum absolute atomic E-state index is 0.158. The second-order valence-corrected chi connectivity index (χ2v) is 5.79. The van der Waals surface area contributed by atoms with E-state index in [2.05, 4.69) is 10.6 Å². The van der Waals surface area contributed by atoms with Gasteiger partial charge in [0.05, 0.1) is 5.54 Å². The largest absolute Gasteiger partial charge is 0.345 e. The fraction of sp³-hybridized carbons (Fsp3) is 0.467. The Labute approximate surface area is 123 Å². The number of carbonyl (C=O) groups excluding carboxylic acids is 2. The predicted molar refractivity (Wildman–Crippen MR) is 78.4 cm³/mol. The maximum atomic E-state index is 12.2. The van der Waals surface area contributed by atoms with Gasteiger partial charge in [-0.15, -0.1) is 0 Å². The summed E-state index contributed by atoms with van der Waals surface area (Å²) in [5, 5.41) is 6.36. The molecule has 1 fully saturated rings. The summed E-state index contributed by atoms with van der Waals surface area (Å²) in [5.74, 6) is -0.364. The van der Waals surface area contributed by atoms with E-state index in [4.69, 9.17) is 11.6 Å². The van der Waals surface area contributed by atoms with Crippen molar-refractivity contribution in [3.63, 3.8) is 0 Å². The normalized spacial score (nSPS) is 17.8. The van der Waals surface area contributed by atoms with Gasteiger partial charge >= 0.3 is 0 Å². The molecule has 1 saturated carbocycles. The van der Waals surface area contributed by atoms with Crippen molar-refractivity contribution in [2.24, 2.45) is 0 Å². The van der Waals surface area contributed by atoms with Gasteiger partial charge in [0.15, 0.2) is 0 Å². The Morgan fingerprint density at radius 1 is 1.25 bits per heavy atom. The molecule has 2 amide bonds. The number of benzene rings is 1. The zero-order chi connectivity index (χ0) is 14.8. The summed E-state index contributed by atoms with van der Waals surface area (Å²) in [7, 11) is 0. The first-order chi connectivity index (χ1) is 9.43. The summed E-state index contributed by atoms with van der Waals surface area (Å²) >= 11 is 5.90. The Morgan fingerprint density at radius 2 is 1.85 bits per heavy atom. The molecular weight excluding hydrogens is 276 g/mol. The van der Waals surface area contributed by atoms with Gasteiger partial charge in [-0.25, -0.2) is 0 Å². The first-order valence-electron chi connectivity index (χ1n) is 6.78. The molecule has 4 nitrogen and oxygen atoms in total. The maximum Gasteiger partial charge on any atom is 0.242 e. The van der Waals surface area contributed by atoms with Crippen molar-refractivity contribution in [2.45, 2.75) is 44.7 Å². The van der Waals surface area contributed by atoms with E-state index in [9.17, 15) is 9.59 Å². The lowest BCUT2D eigenvalue weighted by atomic mass is 9.71. The lowest BCUT2D eigenvalue weighted by molar-refractivity contribution is -0.129. The van der Waals surface area contributed by atoms with Crippen molar-refractivity contribution in [1.29, 1.82) is 0 Å². The molecule has 0 bridgehead atoms. The van der Waals surface area contributed by atoms with Crippen LogP contribution in [0.4, 0.5) is 0 Å². The van der Waals surface area contributed by atoms with Crippen LogP contribution in [0.3, 0.4) is 0 Å². The smallest absolute Gasteiger partial charge is 0.242 e. The molecule has 1 aliphatic rings. The fourth-order valence-electron chi connectivity index (χ4n) is 2.50. The van der Waals surface area contributed by atoms with E-state index in [0.29, 0.717) is 5.02 Å².